The molecule has 0 fully saturated rings. The summed E-state index contributed by atoms with van der Waals surface area (Å²) in [5.41, 5.74) is 1.12. The van der Waals surface area contributed by atoms with Crippen LogP contribution >= 0.6 is 7.14 Å². The highest BCUT2D eigenvalue weighted by molar-refractivity contribution is 8.00. The van der Waals surface area contributed by atoms with E-state index in [-0.39, 0.29) is 5.30 Å². The van der Waals surface area contributed by atoms with Gasteiger partial charge in [-0.1, -0.05) is 48.0 Å². The van der Waals surface area contributed by atoms with E-state index in [4.69, 9.17) is 4.74 Å². The molecule has 2 aromatic carbocycles. The minimum absolute atomic E-state index is 0.199. The van der Waals surface area contributed by atoms with Crippen molar-refractivity contribution < 1.29 is 18.9 Å². The Morgan fingerprint density at radius 3 is 1.96 bits per heavy atom. The first-order chi connectivity index (χ1) is 11.7. The van der Waals surface area contributed by atoms with E-state index in [0.29, 0.717) is 16.7 Å². The quantitative estimate of drug-likeness (QED) is 0.707. The Labute approximate surface area is 148 Å². The number of rotatable bonds is 5. The maximum Gasteiger partial charge on any atom is 0.376 e. The number of carbonyl (C=O) groups is 2. The fraction of sp³-hybridized carbons (Fsp3) is 0.300. The molecule has 0 aromatic heterocycles. The van der Waals surface area contributed by atoms with Crippen LogP contribution in [0.4, 0.5) is 4.79 Å². The molecule has 0 radical (unpaired) electrons. The molecule has 0 saturated carbocycles. The first-order valence-electron chi connectivity index (χ1n) is 8.17. The predicted octanol–water partition coefficient (Wildman–Crippen LogP) is 4.99. The van der Waals surface area contributed by atoms with E-state index >= 15 is 0 Å². The number of benzene rings is 2. The van der Waals surface area contributed by atoms with E-state index in [0.717, 1.165) is 5.56 Å². The predicted molar refractivity (Wildman–Crippen MR) is 100 cm³/mol. The highest BCUT2D eigenvalue weighted by Crippen LogP contribution is 2.51. The smallest absolute Gasteiger partial charge is 0.376 e. The van der Waals surface area contributed by atoms with Gasteiger partial charge in [0.15, 0.2) is 0 Å². The topological polar surface area (TPSA) is 60.4 Å². The Morgan fingerprint density at radius 2 is 1.48 bits per heavy atom. The van der Waals surface area contributed by atoms with Crippen LogP contribution in [0.2, 0.25) is 0 Å². The monoisotopic (exact) mass is 358 g/mol. The summed E-state index contributed by atoms with van der Waals surface area (Å²) in [5.74, 6) is 0. The van der Waals surface area contributed by atoms with Gasteiger partial charge in [-0.2, -0.15) is 0 Å². The zero-order chi connectivity index (χ0) is 18.8. The Balaban J connectivity index is 2.67. The van der Waals surface area contributed by atoms with Crippen molar-refractivity contribution in [3.8, 4) is 0 Å². The Hall–Kier alpha value is -2.19. The highest BCUT2D eigenvalue weighted by Gasteiger charge is 2.45. The standard InChI is InChI=1S/C20H23O4P/c1-13(2)24-20(22)25(23,17-9-7-6-8-10-17)19(21)18-15(4)11-14(3)12-16(18)5/h6-13H,1-5H3. The van der Waals surface area contributed by atoms with Gasteiger partial charge in [0.05, 0.1) is 6.10 Å². The maximum atomic E-state index is 13.7. The zero-order valence-electron chi connectivity index (χ0n) is 15.2. The van der Waals surface area contributed by atoms with E-state index in [2.05, 4.69) is 0 Å². The molecule has 0 bridgehead atoms. The lowest BCUT2D eigenvalue weighted by Crippen LogP contribution is -2.24. The third-order valence-electron chi connectivity index (χ3n) is 3.89. The van der Waals surface area contributed by atoms with E-state index in [1.54, 1.807) is 58.0 Å². The van der Waals surface area contributed by atoms with Gasteiger partial charge in [-0.15, -0.1) is 0 Å². The molecule has 5 heteroatoms. The minimum Gasteiger partial charge on any atom is -0.457 e. The van der Waals surface area contributed by atoms with Gasteiger partial charge in [0.2, 0.25) is 5.52 Å². The Bertz CT molecular complexity index is 830. The molecule has 25 heavy (non-hydrogen) atoms. The molecule has 2 aromatic rings. The van der Waals surface area contributed by atoms with Crippen molar-refractivity contribution in [2.75, 3.05) is 0 Å². The molecule has 0 heterocycles. The van der Waals surface area contributed by atoms with Crippen LogP contribution in [-0.2, 0) is 9.30 Å². The highest BCUT2D eigenvalue weighted by atomic mass is 31.2. The van der Waals surface area contributed by atoms with E-state index in [9.17, 15) is 14.2 Å². The molecule has 132 valence electrons. The van der Waals surface area contributed by atoms with Crippen molar-refractivity contribution in [1.29, 1.82) is 0 Å². The van der Waals surface area contributed by atoms with Crippen LogP contribution in [-0.4, -0.2) is 17.3 Å². The van der Waals surface area contributed by atoms with E-state index < -0.39 is 24.5 Å². The summed E-state index contributed by atoms with van der Waals surface area (Å²) in [6, 6.07) is 11.8. The average molecular weight is 358 g/mol. The Kier molecular flexibility index (Phi) is 5.64. The van der Waals surface area contributed by atoms with Crippen LogP contribution in [0.15, 0.2) is 42.5 Å². The van der Waals surface area contributed by atoms with Crippen LogP contribution in [0, 0.1) is 20.8 Å². The first-order valence-corrected chi connectivity index (χ1v) is 9.88. The third-order valence-corrected chi connectivity index (χ3v) is 6.33. The summed E-state index contributed by atoms with van der Waals surface area (Å²) in [6.07, 6.45) is -0.461. The van der Waals surface area contributed by atoms with Crippen molar-refractivity contribution in [1.82, 2.24) is 0 Å². The molecule has 0 spiro atoms. The molecule has 0 aliphatic carbocycles. The van der Waals surface area contributed by atoms with Crippen LogP contribution in [0.1, 0.15) is 40.9 Å². The van der Waals surface area contributed by atoms with E-state index in [1.165, 1.54) is 0 Å². The number of carbonyl (C=O) groups excluding carboxylic acids is 2. The van der Waals surface area contributed by atoms with Crippen LogP contribution in [0.25, 0.3) is 0 Å². The summed E-state index contributed by atoms with van der Waals surface area (Å²) >= 11 is 0. The summed E-state index contributed by atoms with van der Waals surface area (Å²) < 4.78 is 18.9. The number of ether oxygens (including phenoxy) is 1. The van der Waals surface area contributed by atoms with Crippen molar-refractivity contribution >= 4 is 23.7 Å². The number of hydrogen-bond acceptors (Lipinski definition) is 4. The van der Waals surface area contributed by atoms with Gasteiger partial charge in [-0.3, -0.25) is 9.36 Å². The molecule has 2 rings (SSSR count). The number of aryl methyl sites for hydroxylation is 3. The maximum absolute atomic E-state index is 13.7. The van der Waals surface area contributed by atoms with Crippen LogP contribution in [0.5, 0.6) is 0 Å². The summed E-state index contributed by atoms with van der Waals surface area (Å²) in [7, 11) is -4.10. The lowest BCUT2D eigenvalue weighted by Gasteiger charge is -2.20. The van der Waals surface area contributed by atoms with Gasteiger partial charge < -0.3 is 4.74 Å². The molecule has 0 aliphatic heterocycles. The summed E-state index contributed by atoms with van der Waals surface area (Å²) in [6.45, 7) is 8.84. The lowest BCUT2D eigenvalue weighted by molar-refractivity contribution is 0.106. The number of hydrogen-bond donors (Lipinski definition) is 0. The molecule has 0 N–H and O–H groups in total. The molecular formula is C20H23O4P. The zero-order valence-corrected chi connectivity index (χ0v) is 16.1. The van der Waals surface area contributed by atoms with E-state index in [1.807, 2.05) is 19.1 Å². The molecule has 0 aliphatic rings. The fourth-order valence-corrected chi connectivity index (χ4v) is 5.12. The SMILES string of the molecule is Cc1cc(C)c(C(=O)P(=O)(C(=O)OC(C)C)c2ccccc2)c(C)c1. The van der Waals surface area contributed by atoms with Gasteiger partial charge in [0.1, 0.15) is 0 Å². The lowest BCUT2D eigenvalue weighted by atomic mass is 10.0. The van der Waals surface area contributed by atoms with Gasteiger partial charge in [0.25, 0.3) is 7.14 Å². The van der Waals surface area contributed by atoms with Crippen molar-refractivity contribution in [3.63, 3.8) is 0 Å². The van der Waals surface area contributed by atoms with Gasteiger partial charge in [-0.05, 0) is 45.7 Å². The molecular weight excluding hydrogens is 335 g/mol. The second kappa shape index (κ2) is 7.37. The molecule has 0 amide bonds. The molecule has 1 unspecified atom stereocenters. The van der Waals surface area contributed by atoms with Gasteiger partial charge >= 0.3 is 5.71 Å². The van der Waals surface area contributed by atoms with Crippen molar-refractivity contribution in [2.45, 2.75) is 40.7 Å². The first kappa shape index (κ1) is 19.1. The largest absolute Gasteiger partial charge is 0.457 e. The normalized spacial score (nSPS) is 13.4. The van der Waals surface area contributed by atoms with Crippen molar-refractivity contribution in [2.24, 2.45) is 0 Å². The Morgan fingerprint density at radius 1 is 0.960 bits per heavy atom. The third kappa shape index (κ3) is 3.74. The minimum atomic E-state index is -4.10. The average Bonchev–Trinajstić information content (AvgIpc) is 2.53. The van der Waals surface area contributed by atoms with Gasteiger partial charge in [0, 0.05) is 10.9 Å². The summed E-state index contributed by atoms with van der Waals surface area (Å²) in [5, 5.41) is 0.199. The second-order valence-electron chi connectivity index (χ2n) is 6.46. The molecule has 0 saturated heterocycles. The second-order valence-corrected chi connectivity index (χ2v) is 8.96. The fourth-order valence-electron chi connectivity index (χ4n) is 2.89. The molecule has 4 nitrogen and oxygen atoms in total. The van der Waals surface area contributed by atoms with Gasteiger partial charge in [-0.25, -0.2) is 4.79 Å². The van der Waals surface area contributed by atoms with Crippen LogP contribution < -0.4 is 5.30 Å². The summed E-state index contributed by atoms with van der Waals surface area (Å²) in [4.78, 5) is 26.0. The van der Waals surface area contributed by atoms with Crippen molar-refractivity contribution in [3.05, 3.63) is 64.7 Å². The van der Waals surface area contributed by atoms with Crippen LogP contribution in [0.3, 0.4) is 0 Å². The molecule has 1 atom stereocenters.